The van der Waals surface area contributed by atoms with E-state index in [1.165, 1.54) is 5.56 Å². The zero-order valence-corrected chi connectivity index (χ0v) is 21.4. The van der Waals surface area contributed by atoms with Crippen molar-refractivity contribution in [3.8, 4) is 22.5 Å². The average Bonchev–Trinajstić information content (AvgIpc) is 3.55. The van der Waals surface area contributed by atoms with E-state index >= 15 is 0 Å². The van der Waals surface area contributed by atoms with Crippen LogP contribution >= 0.6 is 11.6 Å². The Hall–Kier alpha value is -4.04. The summed E-state index contributed by atoms with van der Waals surface area (Å²) in [5.74, 6) is 0.514. The molecule has 5 rings (SSSR count). The summed E-state index contributed by atoms with van der Waals surface area (Å²) >= 11 is 6.79. The monoisotopic (exact) mass is 513 g/mol. The second-order valence-electron chi connectivity index (χ2n) is 8.95. The Bertz CT molecular complexity index is 1510. The first-order valence-electron chi connectivity index (χ1n) is 12.4. The van der Waals surface area contributed by atoms with Crippen molar-refractivity contribution in [2.75, 3.05) is 0 Å². The number of hydrogen-bond acceptors (Lipinski definition) is 5. The number of rotatable bonds is 10. The lowest BCUT2D eigenvalue weighted by atomic mass is 10.0. The van der Waals surface area contributed by atoms with Crippen molar-refractivity contribution in [2.24, 2.45) is 0 Å². The van der Waals surface area contributed by atoms with Crippen molar-refractivity contribution >= 4 is 11.6 Å². The van der Waals surface area contributed by atoms with Gasteiger partial charge in [-0.05, 0) is 47.2 Å². The lowest BCUT2D eigenvalue weighted by Gasteiger charge is -2.10. The highest BCUT2D eigenvalue weighted by atomic mass is 35.5. The summed E-state index contributed by atoms with van der Waals surface area (Å²) in [7, 11) is 0. The van der Waals surface area contributed by atoms with Crippen molar-refractivity contribution in [3.05, 3.63) is 106 Å². The van der Waals surface area contributed by atoms with Crippen molar-refractivity contribution in [1.82, 2.24) is 34.7 Å². The van der Waals surface area contributed by atoms with E-state index in [0.29, 0.717) is 24.1 Å². The van der Waals surface area contributed by atoms with Crippen LogP contribution < -0.4 is 5.69 Å². The molecule has 3 heterocycles. The van der Waals surface area contributed by atoms with Gasteiger partial charge in [0.25, 0.3) is 0 Å². The molecule has 0 amide bonds. The van der Waals surface area contributed by atoms with E-state index in [9.17, 15) is 4.79 Å². The molecule has 37 heavy (non-hydrogen) atoms. The standard InChI is InChI=1S/C28H28ClN7O/c1-2-3-9-25-26(29)35(17-15-20-7-5-4-6-8-20)28(37)36(25)19-21-10-12-22(13-11-21)24-18-30-16-14-23(24)27-31-33-34-32-27/h4-8,10-14,16,18H,2-3,9,15,17,19H2,1H3,(H,31,32,33,34). The number of halogens is 1. The smallest absolute Gasteiger partial charge is 0.290 e. The molecule has 0 fully saturated rings. The Kier molecular flexibility index (Phi) is 7.56. The van der Waals surface area contributed by atoms with Gasteiger partial charge in [0.15, 0.2) is 0 Å². The number of tetrazole rings is 1. The Morgan fingerprint density at radius 1 is 0.919 bits per heavy atom. The van der Waals surface area contributed by atoms with E-state index in [2.05, 4.69) is 44.7 Å². The third-order valence-corrected chi connectivity index (χ3v) is 6.93. The molecule has 0 bridgehead atoms. The Labute approximate surface area is 220 Å². The fraction of sp³-hybridized carbons (Fsp3) is 0.250. The molecule has 0 aliphatic carbocycles. The number of nitrogens with one attached hydrogen (secondary N) is 1. The van der Waals surface area contributed by atoms with Crippen LogP contribution in [0.3, 0.4) is 0 Å². The molecular weight excluding hydrogens is 486 g/mol. The molecule has 0 aliphatic rings. The summed E-state index contributed by atoms with van der Waals surface area (Å²) in [5, 5.41) is 14.9. The summed E-state index contributed by atoms with van der Waals surface area (Å²) in [5.41, 5.74) is 5.77. The maximum Gasteiger partial charge on any atom is 0.329 e. The van der Waals surface area contributed by atoms with Crippen LogP contribution in [0.25, 0.3) is 22.5 Å². The second-order valence-corrected chi connectivity index (χ2v) is 9.31. The molecular formula is C28H28ClN7O. The topological polar surface area (TPSA) is 94.3 Å². The van der Waals surface area contributed by atoms with E-state index in [1.807, 2.05) is 53.1 Å². The van der Waals surface area contributed by atoms with Crippen molar-refractivity contribution in [1.29, 1.82) is 0 Å². The fourth-order valence-corrected chi connectivity index (χ4v) is 4.86. The molecule has 0 unspecified atom stereocenters. The predicted molar refractivity (Wildman–Crippen MR) is 144 cm³/mol. The van der Waals surface area contributed by atoms with E-state index in [1.54, 1.807) is 17.0 Å². The molecule has 188 valence electrons. The van der Waals surface area contributed by atoms with Crippen molar-refractivity contribution in [3.63, 3.8) is 0 Å². The number of unbranched alkanes of at least 4 members (excludes halogenated alkanes) is 1. The van der Waals surface area contributed by atoms with Crippen LogP contribution in [0.15, 0.2) is 77.9 Å². The van der Waals surface area contributed by atoms with Gasteiger partial charge in [-0.2, -0.15) is 5.21 Å². The first-order chi connectivity index (χ1) is 18.2. The minimum Gasteiger partial charge on any atom is -0.290 e. The predicted octanol–water partition coefficient (Wildman–Crippen LogP) is 5.18. The lowest BCUT2D eigenvalue weighted by Crippen LogP contribution is -2.26. The van der Waals surface area contributed by atoms with Gasteiger partial charge in [0, 0.05) is 30.1 Å². The molecule has 0 spiro atoms. The van der Waals surface area contributed by atoms with E-state index in [4.69, 9.17) is 11.6 Å². The molecule has 9 heteroatoms. The number of aromatic amines is 1. The number of benzene rings is 2. The van der Waals surface area contributed by atoms with E-state index in [-0.39, 0.29) is 5.69 Å². The average molecular weight is 514 g/mol. The number of aromatic nitrogens is 7. The Morgan fingerprint density at radius 3 is 2.46 bits per heavy atom. The normalized spacial score (nSPS) is 11.2. The van der Waals surface area contributed by atoms with Crippen molar-refractivity contribution in [2.45, 2.75) is 45.7 Å². The maximum absolute atomic E-state index is 13.5. The van der Waals surface area contributed by atoms with Gasteiger partial charge in [0.1, 0.15) is 5.15 Å². The minimum atomic E-state index is -0.0669. The minimum absolute atomic E-state index is 0.0669. The van der Waals surface area contributed by atoms with E-state index < -0.39 is 0 Å². The first-order valence-corrected chi connectivity index (χ1v) is 12.8. The number of aryl methyl sites for hydroxylation is 1. The third-order valence-electron chi connectivity index (χ3n) is 6.51. The first kappa shape index (κ1) is 24.6. The van der Waals surface area contributed by atoms with Gasteiger partial charge < -0.3 is 0 Å². The van der Waals surface area contributed by atoms with Gasteiger partial charge in [-0.3, -0.25) is 14.1 Å². The number of imidazole rings is 1. The molecule has 0 saturated carbocycles. The van der Waals surface area contributed by atoms with Gasteiger partial charge >= 0.3 is 5.69 Å². The summed E-state index contributed by atoms with van der Waals surface area (Å²) in [6.07, 6.45) is 7.02. The quantitative estimate of drug-likeness (QED) is 0.278. The molecule has 0 aliphatic heterocycles. The summed E-state index contributed by atoms with van der Waals surface area (Å²) in [6.45, 7) is 3.15. The molecule has 2 aromatic carbocycles. The zero-order chi connectivity index (χ0) is 25.6. The molecule has 3 aromatic heterocycles. The molecule has 1 N–H and O–H groups in total. The number of H-pyrrole nitrogens is 1. The van der Waals surface area contributed by atoms with Gasteiger partial charge in [0.2, 0.25) is 5.82 Å². The second kappa shape index (κ2) is 11.3. The van der Waals surface area contributed by atoms with E-state index in [0.717, 1.165) is 53.6 Å². The van der Waals surface area contributed by atoms with Gasteiger partial charge in [-0.25, -0.2) is 4.79 Å². The van der Waals surface area contributed by atoms with Gasteiger partial charge in [-0.15, -0.1) is 10.2 Å². The van der Waals surface area contributed by atoms with Crippen LogP contribution in [-0.2, 0) is 25.9 Å². The largest absolute Gasteiger partial charge is 0.329 e. The molecule has 5 aromatic rings. The van der Waals surface area contributed by atoms with Crippen LogP contribution in [0.4, 0.5) is 0 Å². The van der Waals surface area contributed by atoms with Crippen LogP contribution in [-0.4, -0.2) is 34.7 Å². The van der Waals surface area contributed by atoms with Crippen molar-refractivity contribution < 1.29 is 0 Å². The Balaban J connectivity index is 1.42. The van der Waals surface area contributed by atoms with Crippen LogP contribution in [0, 0.1) is 0 Å². The molecule has 0 saturated heterocycles. The highest BCUT2D eigenvalue weighted by molar-refractivity contribution is 6.30. The molecule has 0 atom stereocenters. The molecule has 8 nitrogen and oxygen atoms in total. The maximum atomic E-state index is 13.5. The third kappa shape index (κ3) is 5.39. The number of hydrogen-bond donors (Lipinski definition) is 1. The molecule has 0 radical (unpaired) electrons. The number of nitrogens with zero attached hydrogens (tertiary/aromatic N) is 6. The van der Waals surface area contributed by atoms with Gasteiger partial charge in [-0.1, -0.05) is 79.5 Å². The Morgan fingerprint density at radius 2 is 1.73 bits per heavy atom. The number of pyridine rings is 1. The zero-order valence-electron chi connectivity index (χ0n) is 20.6. The van der Waals surface area contributed by atoms with Gasteiger partial charge in [0.05, 0.1) is 12.2 Å². The summed E-state index contributed by atoms with van der Waals surface area (Å²) < 4.78 is 3.54. The summed E-state index contributed by atoms with van der Waals surface area (Å²) in [4.78, 5) is 17.8. The highest BCUT2D eigenvalue weighted by Gasteiger charge is 2.19. The fourth-order valence-electron chi connectivity index (χ4n) is 4.50. The summed E-state index contributed by atoms with van der Waals surface area (Å²) in [6, 6.07) is 20.2. The van der Waals surface area contributed by atoms with Crippen LogP contribution in [0.5, 0.6) is 0 Å². The lowest BCUT2D eigenvalue weighted by molar-refractivity contribution is 0.626. The highest BCUT2D eigenvalue weighted by Crippen LogP contribution is 2.29. The SMILES string of the molecule is CCCCc1c(Cl)n(CCc2ccccc2)c(=O)n1Cc1ccc(-c2cnccc2-c2nn[nH]n2)cc1. The van der Waals surface area contributed by atoms with Crippen LogP contribution in [0.2, 0.25) is 5.15 Å². The van der Waals surface area contributed by atoms with Crippen LogP contribution in [0.1, 0.15) is 36.6 Å².